The SMILES string of the molecule is NC(=O)CCC(=O)NC(Cc1ccccc1)C(=O)N[C@@H](Cc1ccc(-c2ccccc2)cc1)C(N)=O. The molecule has 3 rings (SSSR count). The van der Waals surface area contributed by atoms with Gasteiger partial charge in [-0.25, -0.2) is 0 Å². The number of primary amides is 2. The number of carbonyl (C=O) groups excluding carboxylic acids is 4. The van der Waals surface area contributed by atoms with Gasteiger partial charge in [0.1, 0.15) is 12.1 Å². The van der Waals surface area contributed by atoms with Crippen LogP contribution in [0.25, 0.3) is 11.1 Å². The van der Waals surface area contributed by atoms with Gasteiger partial charge in [0.25, 0.3) is 0 Å². The zero-order valence-corrected chi connectivity index (χ0v) is 19.9. The van der Waals surface area contributed by atoms with E-state index in [1.807, 2.05) is 84.9 Å². The molecule has 0 saturated carbocycles. The highest BCUT2D eigenvalue weighted by Crippen LogP contribution is 2.19. The summed E-state index contributed by atoms with van der Waals surface area (Å²) < 4.78 is 0. The van der Waals surface area contributed by atoms with Gasteiger partial charge in [0.15, 0.2) is 0 Å². The fourth-order valence-corrected chi connectivity index (χ4v) is 3.76. The van der Waals surface area contributed by atoms with Gasteiger partial charge in [0.05, 0.1) is 0 Å². The lowest BCUT2D eigenvalue weighted by Gasteiger charge is -2.22. The average Bonchev–Trinajstić information content (AvgIpc) is 2.88. The van der Waals surface area contributed by atoms with Gasteiger partial charge in [-0.3, -0.25) is 19.2 Å². The molecule has 6 N–H and O–H groups in total. The maximum Gasteiger partial charge on any atom is 0.243 e. The summed E-state index contributed by atoms with van der Waals surface area (Å²) in [6.07, 6.45) is 0.130. The molecule has 0 heterocycles. The Hall–Kier alpha value is -4.46. The predicted molar refractivity (Wildman–Crippen MR) is 137 cm³/mol. The first-order valence-electron chi connectivity index (χ1n) is 11.7. The summed E-state index contributed by atoms with van der Waals surface area (Å²) in [5, 5.41) is 5.33. The molecule has 8 heteroatoms. The van der Waals surface area contributed by atoms with Crippen LogP contribution in [-0.2, 0) is 32.0 Å². The van der Waals surface area contributed by atoms with Crippen LogP contribution in [-0.4, -0.2) is 35.7 Å². The summed E-state index contributed by atoms with van der Waals surface area (Å²) in [6.45, 7) is 0. The second-order valence-corrected chi connectivity index (χ2v) is 8.51. The molecule has 0 spiro atoms. The molecule has 0 aromatic heterocycles. The van der Waals surface area contributed by atoms with Crippen LogP contribution in [0.4, 0.5) is 0 Å². The number of carbonyl (C=O) groups is 4. The topological polar surface area (TPSA) is 144 Å². The van der Waals surface area contributed by atoms with Crippen molar-refractivity contribution in [2.45, 2.75) is 37.8 Å². The smallest absolute Gasteiger partial charge is 0.243 e. The molecule has 0 saturated heterocycles. The number of nitrogens with one attached hydrogen (secondary N) is 2. The first kappa shape index (κ1) is 26.2. The molecule has 3 aromatic carbocycles. The Bertz CT molecular complexity index is 1180. The first-order valence-corrected chi connectivity index (χ1v) is 11.7. The minimum atomic E-state index is -0.971. The third kappa shape index (κ3) is 8.09. The quantitative estimate of drug-likeness (QED) is 0.310. The molecule has 0 aliphatic carbocycles. The monoisotopic (exact) mass is 486 g/mol. The second-order valence-electron chi connectivity index (χ2n) is 8.51. The van der Waals surface area contributed by atoms with Gasteiger partial charge in [-0.2, -0.15) is 0 Å². The third-order valence-electron chi connectivity index (χ3n) is 5.69. The lowest BCUT2D eigenvalue weighted by atomic mass is 9.99. The highest BCUT2D eigenvalue weighted by molar-refractivity contribution is 5.92. The Morgan fingerprint density at radius 3 is 1.72 bits per heavy atom. The van der Waals surface area contributed by atoms with Gasteiger partial charge in [-0.15, -0.1) is 0 Å². The van der Waals surface area contributed by atoms with Crippen molar-refractivity contribution in [2.24, 2.45) is 11.5 Å². The Labute approximate surface area is 210 Å². The Balaban J connectivity index is 1.70. The number of nitrogens with two attached hydrogens (primary N) is 2. The van der Waals surface area contributed by atoms with Crippen LogP contribution in [0.15, 0.2) is 84.9 Å². The van der Waals surface area contributed by atoms with Crippen LogP contribution in [0, 0.1) is 0 Å². The van der Waals surface area contributed by atoms with E-state index in [1.165, 1.54) is 0 Å². The van der Waals surface area contributed by atoms with Crippen LogP contribution in [0.5, 0.6) is 0 Å². The molecule has 2 atom stereocenters. The fourth-order valence-electron chi connectivity index (χ4n) is 3.76. The maximum absolute atomic E-state index is 13.1. The van der Waals surface area contributed by atoms with Gasteiger partial charge < -0.3 is 22.1 Å². The number of amides is 4. The van der Waals surface area contributed by atoms with E-state index < -0.39 is 35.7 Å². The zero-order chi connectivity index (χ0) is 25.9. The number of hydrogen-bond donors (Lipinski definition) is 4. The predicted octanol–water partition coefficient (Wildman–Crippen LogP) is 1.86. The minimum Gasteiger partial charge on any atom is -0.370 e. The molecule has 36 heavy (non-hydrogen) atoms. The number of rotatable bonds is 12. The van der Waals surface area contributed by atoms with Crippen molar-refractivity contribution < 1.29 is 19.2 Å². The Kier molecular flexibility index (Phi) is 9.33. The highest BCUT2D eigenvalue weighted by Gasteiger charge is 2.26. The molecule has 0 radical (unpaired) electrons. The van der Waals surface area contributed by atoms with E-state index in [0.717, 1.165) is 22.3 Å². The molecule has 4 amide bonds. The second kappa shape index (κ2) is 12.9. The van der Waals surface area contributed by atoms with Gasteiger partial charge in [-0.1, -0.05) is 84.9 Å². The maximum atomic E-state index is 13.1. The highest BCUT2D eigenvalue weighted by atomic mass is 16.2. The van der Waals surface area contributed by atoms with E-state index in [-0.39, 0.29) is 25.7 Å². The van der Waals surface area contributed by atoms with E-state index in [0.29, 0.717) is 0 Å². The number of benzene rings is 3. The van der Waals surface area contributed by atoms with Crippen molar-refractivity contribution in [3.8, 4) is 11.1 Å². The van der Waals surface area contributed by atoms with Crippen molar-refractivity contribution >= 4 is 23.6 Å². The van der Waals surface area contributed by atoms with Crippen LogP contribution in [0.2, 0.25) is 0 Å². The van der Waals surface area contributed by atoms with E-state index in [9.17, 15) is 19.2 Å². The first-order chi connectivity index (χ1) is 17.3. The fraction of sp³-hybridized carbons (Fsp3) is 0.214. The van der Waals surface area contributed by atoms with Gasteiger partial charge in [-0.05, 0) is 22.3 Å². The standard InChI is InChI=1S/C28H30N4O4/c29-25(33)15-16-26(34)31-24(18-19-7-3-1-4-8-19)28(36)32-23(27(30)35)17-20-11-13-22(14-12-20)21-9-5-2-6-10-21/h1-14,23-24H,15-18H2,(H2,29,33)(H2,30,35)(H,31,34)(H,32,36)/t23-,24?/m0/s1. The summed E-state index contributed by atoms with van der Waals surface area (Å²) in [5.74, 6) is -2.33. The summed E-state index contributed by atoms with van der Waals surface area (Å²) in [4.78, 5) is 48.7. The summed E-state index contributed by atoms with van der Waals surface area (Å²) in [7, 11) is 0. The lowest BCUT2D eigenvalue weighted by Crippen LogP contribution is -2.54. The zero-order valence-electron chi connectivity index (χ0n) is 19.9. The summed E-state index contributed by atoms with van der Waals surface area (Å²) >= 11 is 0. The molecule has 3 aromatic rings. The average molecular weight is 487 g/mol. The third-order valence-corrected chi connectivity index (χ3v) is 5.69. The molecule has 186 valence electrons. The van der Waals surface area contributed by atoms with Crippen LogP contribution in [0.3, 0.4) is 0 Å². The van der Waals surface area contributed by atoms with E-state index >= 15 is 0 Å². The van der Waals surface area contributed by atoms with E-state index in [1.54, 1.807) is 0 Å². The van der Waals surface area contributed by atoms with Gasteiger partial charge in [0.2, 0.25) is 23.6 Å². The molecule has 1 unspecified atom stereocenters. The molecular formula is C28H30N4O4. The molecule has 0 aliphatic heterocycles. The normalized spacial score (nSPS) is 12.2. The molecule has 0 bridgehead atoms. The summed E-state index contributed by atoms with van der Waals surface area (Å²) in [5.41, 5.74) is 14.5. The lowest BCUT2D eigenvalue weighted by molar-refractivity contribution is -0.131. The van der Waals surface area contributed by atoms with Crippen LogP contribution < -0.4 is 22.1 Å². The van der Waals surface area contributed by atoms with Gasteiger partial charge >= 0.3 is 0 Å². The van der Waals surface area contributed by atoms with Crippen molar-refractivity contribution in [3.05, 3.63) is 96.1 Å². The van der Waals surface area contributed by atoms with Crippen molar-refractivity contribution in [1.82, 2.24) is 10.6 Å². The molecular weight excluding hydrogens is 456 g/mol. The summed E-state index contributed by atoms with van der Waals surface area (Å²) in [6, 6.07) is 24.8. The number of hydrogen-bond acceptors (Lipinski definition) is 4. The molecule has 0 aliphatic rings. The van der Waals surface area contributed by atoms with E-state index in [4.69, 9.17) is 11.5 Å². The minimum absolute atomic E-state index is 0.131. The largest absolute Gasteiger partial charge is 0.370 e. The van der Waals surface area contributed by atoms with Crippen molar-refractivity contribution in [1.29, 1.82) is 0 Å². The molecule has 0 fully saturated rings. The van der Waals surface area contributed by atoms with E-state index in [2.05, 4.69) is 10.6 Å². The Morgan fingerprint density at radius 2 is 1.14 bits per heavy atom. The van der Waals surface area contributed by atoms with Crippen molar-refractivity contribution in [2.75, 3.05) is 0 Å². The van der Waals surface area contributed by atoms with Crippen LogP contribution >= 0.6 is 0 Å². The van der Waals surface area contributed by atoms with Crippen molar-refractivity contribution in [3.63, 3.8) is 0 Å². The Morgan fingerprint density at radius 1 is 0.611 bits per heavy atom. The molecule has 8 nitrogen and oxygen atoms in total. The van der Waals surface area contributed by atoms with Gasteiger partial charge in [0, 0.05) is 25.7 Å². The van der Waals surface area contributed by atoms with Crippen LogP contribution in [0.1, 0.15) is 24.0 Å².